The van der Waals surface area contributed by atoms with Gasteiger partial charge in [0, 0.05) is 0 Å². The molecule has 94 valence electrons. The quantitative estimate of drug-likeness (QED) is 0.827. The zero-order chi connectivity index (χ0) is 12.9. The Balaban J connectivity index is 2.79. The van der Waals surface area contributed by atoms with Gasteiger partial charge in [-0.1, -0.05) is 30.3 Å². The van der Waals surface area contributed by atoms with Crippen LogP contribution in [0.5, 0.6) is 0 Å². The predicted molar refractivity (Wildman–Crippen MR) is 55.3 cm³/mol. The van der Waals surface area contributed by atoms with E-state index in [2.05, 4.69) is 10.1 Å². The average molecular weight is 247 g/mol. The number of hydrogen-bond donors (Lipinski definition) is 1. The fourth-order valence-electron chi connectivity index (χ4n) is 1.33. The van der Waals surface area contributed by atoms with E-state index >= 15 is 0 Å². The van der Waals surface area contributed by atoms with Gasteiger partial charge in [-0.25, -0.2) is 0 Å². The Morgan fingerprint density at radius 1 is 1.35 bits per heavy atom. The van der Waals surface area contributed by atoms with Crippen molar-refractivity contribution in [2.45, 2.75) is 12.2 Å². The molecule has 0 aromatic heterocycles. The molecule has 3 nitrogen and oxygen atoms in total. The van der Waals surface area contributed by atoms with Gasteiger partial charge in [-0.15, -0.1) is 0 Å². The second-order valence-corrected chi connectivity index (χ2v) is 3.34. The molecule has 0 spiro atoms. The molecule has 1 unspecified atom stereocenters. The lowest BCUT2D eigenvalue weighted by atomic mass is 10.1. The van der Waals surface area contributed by atoms with E-state index < -0.39 is 24.7 Å². The molecule has 0 radical (unpaired) electrons. The van der Waals surface area contributed by atoms with Crippen LogP contribution in [0.2, 0.25) is 0 Å². The van der Waals surface area contributed by atoms with Crippen molar-refractivity contribution in [3.05, 3.63) is 35.9 Å². The van der Waals surface area contributed by atoms with Crippen molar-refractivity contribution in [2.75, 3.05) is 13.7 Å². The van der Waals surface area contributed by atoms with Gasteiger partial charge in [0.05, 0.1) is 13.7 Å². The number of benzene rings is 1. The predicted octanol–water partition coefficient (Wildman–Crippen LogP) is 2.05. The molecule has 1 N–H and O–H groups in total. The molecule has 1 aromatic carbocycles. The number of alkyl halides is 3. The number of hydrogen-bond acceptors (Lipinski definition) is 3. The van der Waals surface area contributed by atoms with Gasteiger partial charge in [0.1, 0.15) is 6.04 Å². The van der Waals surface area contributed by atoms with Crippen LogP contribution in [0.15, 0.2) is 30.3 Å². The summed E-state index contributed by atoms with van der Waals surface area (Å²) in [5.74, 6) is -0.741. The Labute approximate surface area is 96.6 Å². The van der Waals surface area contributed by atoms with Crippen molar-refractivity contribution in [3.8, 4) is 0 Å². The Morgan fingerprint density at radius 2 is 1.94 bits per heavy atom. The van der Waals surface area contributed by atoms with Crippen molar-refractivity contribution in [1.82, 2.24) is 5.32 Å². The van der Waals surface area contributed by atoms with Crippen LogP contribution in [-0.2, 0) is 9.53 Å². The van der Waals surface area contributed by atoms with E-state index in [1.807, 2.05) is 0 Å². The zero-order valence-corrected chi connectivity index (χ0v) is 9.12. The molecular weight excluding hydrogens is 235 g/mol. The van der Waals surface area contributed by atoms with Crippen LogP contribution in [0.4, 0.5) is 13.2 Å². The topological polar surface area (TPSA) is 38.3 Å². The highest BCUT2D eigenvalue weighted by atomic mass is 19.4. The maximum atomic E-state index is 12.7. The molecule has 0 bridgehead atoms. The Bertz CT molecular complexity index is 365. The molecule has 0 saturated carbocycles. The third-order valence-corrected chi connectivity index (χ3v) is 2.14. The summed E-state index contributed by atoms with van der Waals surface area (Å²) in [7, 11) is 1.12. The first kappa shape index (κ1) is 13.5. The number of carbonyl (C=O) groups excluding carboxylic acids is 1. The van der Waals surface area contributed by atoms with Gasteiger partial charge < -0.3 is 4.74 Å². The maximum Gasteiger partial charge on any atom is 0.407 e. The van der Waals surface area contributed by atoms with E-state index in [0.29, 0.717) is 0 Å². The first-order valence-electron chi connectivity index (χ1n) is 4.87. The monoisotopic (exact) mass is 247 g/mol. The van der Waals surface area contributed by atoms with E-state index in [4.69, 9.17) is 0 Å². The maximum absolute atomic E-state index is 12.7. The highest BCUT2D eigenvalue weighted by Gasteiger charge is 2.40. The minimum absolute atomic E-state index is 0.0592. The summed E-state index contributed by atoms with van der Waals surface area (Å²) in [4.78, 5) is 10.8. The summed E-state index contributed by atoms with van der Waals surface area (Å²) in [6.07, 6.45) is -4.46. The van der Waals surface area contributed by atoms with E-state index in [1.165, 1.54) is 24.3 Å². The van der Waals surface area contributed by atoms with Crippen LogP contribution in [0.1, 0.15) is 11.6 Å². The van der Waals surface area contributed by atoms with Crippen LogP contribution >= 0.6 is 0 Å². The highest BCUT2D eigenvalue weighted by molar-refractivity contribution is 5.71. The largest absolute Gasteiger partial charge is 0.468 e. The summed E-state index contributed by atoms with van der Waals surface area (Å²) < 4.78 is 42.5. The Hall–Kier alpha value is -1.56. The Kier molecular flexibility index (Phi) is 4.51. The van der Waals surface area contributed by atoms with Gasteiger partial charge in [-0.3, -0.25) is 10.1 Å². The summed E-state index contributed by atoms with van der Waals surface area (Å²) in [5, 5.41) is 2.13. The average Bonchev–Trinajstić information content (AvgIpc) is 2.28. The van der Waals surface area contributed by atoms with Crippen molar-refractivity contribution >= 4 is 5.97 Å². The van der Waals surface area contributed by atoms with Crippen LogP contribution in [0.3, 0.4) is 0 Å². The molecule has 0 aliphatic rings. The van der Waals surface area contributed by atoms with E-state index in [0.717, 1.165) is 7.11 Å². The molecule has 0 heterocycles. The second-order valence-electron chi connectivity index (χ2n) is 3.34. The standard InChI is InChI=1S/C11H12F3NO2/c1-17-9(16)7-15-10(11(12,13)14)8-5-3-2-4-6-8/h2-6,10,15H,7H2,1H3. The molecule has 0 amide bonds. The van der Waals surface area contributed by atoms with Gasteiger partial charge in [0.15, 0.2) is 0 Å². The molecule has 6 heteroatoms. The third-order valence-electron chi connectivity index (χ3n) is 2.14. The lowest BCUT2D eigenvalue weighted by Gasteiger charge is -2.21. The first-order chi connectivity index (χ1) is 7.95. The van der Waals surface area contributed by atoms with Gasteiger partial charge in [0.25, 0.3) is 0 Å². The van der Waals surface area contributed by atoms with E-state index in [9.17, 15) is 18.0 Å². The molecule has 1 atom stereocenters. The smallest absolute Gasteiger partial charge is 0.407 e. The minimum Gasteiger partial charge on any atom is -0.468 e. The van der Waals surface area contributed by atoms with Crippen molar-refractivity contribution in [2.24, 2.45) is 0 Å². The first-order valence-corrected chi connectivity index (χ1v) is 4.87. The molecule has 0 fully saturated rings. The van der Waals surface area contributed by atoms with Crippen molar-refractivity contribution in [3.63, 3.8) is 0 Å². The fraction of sp³-hybridized carbons (Fsp3) is 0.364. The van der Waals surface area contributed by atoms with Gasteiger partial charge in [-0.2, -0.15) is 13.2 Å². The van der Waals surface area contributed by atoms with Crippen molar-refractivity contribution in [1.29, 1.82) is 0 Å². The number of ether oxygens (including phenoxy) is 1. The van der Waals surface area contributed by atoms with Gasteiger partial charge in [-0.05, 0) is 5.56 Å². The summed E-state index contributed by atoms with van der Waals surface area (Å²) in [6, 6.07) is 5.46. The molecule has 0 aliphatic heterocycles. The molecule has 17 heavy (non-hydrogen) atoms. The van der Waals surface area contributed by atoms with Gasteiger partial charge >= 0.3 is 12.1 Å². The number of esters is 1. The molecular formula is C11H12F3NO2. The molecule has 0 aliphatic carbocycles. The van der Waals surface area contributed by atoms with E-state index in [-0.39, 0.29) is 5.56 Å². The second kappa shape index (κ2) is 5.67. The number of rotatable bonds is 4. The number of carbonyl (C=O) groups is 1. The summed E-state index contributed by atoms with van der Waals surface area (Å²) in [6.45, 7) is -0.491. The number of nitrogens with one attached hydrogen (secondary N) is 1. The van der Waals surface area contributed by atoms with Gasteiger partial charge in [0.2, 0.25) is 0 Å². The number of methoxy groups -OCH3 is 1. The van der Waals surface area contributed by atoms with Crippen LogP contribution in [0, 0.1) is 0 Å². The molecule has 1 rings (SSSR count). The fourth-order valence-corrected chi connectivity index (χ4v) is 1.33. The number of halogens is 3. The lowest BCUT2D eigenvalue weighted by molar-refractivity contribution is -0.160. The Morgan fingerprint density at radius 3 is 2.41 bits per heavy atom. The van der Waals surface area contributed by atoms with Crippen molar-refractivity contribution < 1.29 is 22.7 Å². The summed E-state index contributed by atoms with van der Waals surface area (Å²) in [5.41, 5.74) is 0.0592. The molecule has 0 saturated heterocycles. The minimum atomic E-state index is -4.46. The lowest BCUT2D eigenvalue weighted by Crippen LogP contribution is -2.37. The summed E-state index contributed by atoms with van der Waals surface area (Å²) >= 11 is 0. The van der Waals surface area contributed by atoms with Crippen LogP contribution in [0.25, 0.3) is 0 Å². The SMILES string of the molecule is COC(=O)CNC(c1ccccc1)C(F)(F)F. The van der Waals surface area contributed by atoms with E-state index in [1.54, 1.807) is 6.07 Å². The highest BCUT2D eigenvalue weighted by Crippen LogP contribution is 2.32. The zero-order valence-electron chi connectivity index (χ0n) is 9.12. The molecule has 1 aromatic rings. The van der Waals surface area contributed by atoms with Crippen LogP contribution < -0.4 is 5.32 Å². The van der Waals surface area contributed by atoms with Crippen LogP contribution in [-0.4, -0.2) is 25.8 Å². The normalized spacial score (nSPS) is 13.2. The third kappa shape index (κ3) is 4.07.